The minimum absolute atomic E-state index is 0.0913. The van der Waals surface area contributed by atoms with Crippen LogP contribution in [-0.4, -0.2) is 28.5 Å². The molecule has 3 N–H and O–H groups in total. The van der Waals surface area contributed by atoms with Gasteiger partial charge in [0.15, 0.2) is 0 Å². The number of benzene rings is 1. The zero-order valence-electron chi connectivity index (χ0n) is 8.66. The number of nitrogens with one attached hydrogen (secondary N) is 3. The zero-order valence-corrected chi connectivity index (χ0v) is 8.66. The van der Waals surface area contributed by atoms with E-state index in [9.17, 15) is 4.79 Å². The number of imidazole rings is 1. The number of hydrogen-bond acceptors (Lipinski definition) is 3. The van der Waals surface area contributed by atoms with Crippen molar-refractivity contribution in [1.29, 1.82) is 0 Å². The van der Waals surface area contributed by atoms with Crippen molar-refractivity contribution in [3.8, 4) is 0 Å². The number of carbonyl (C=O) groups is 1. The molecule has 82 valence electrons. The lowest BCUT2D eigenvalue weighted by Gasteiger charge is -2.07. The number of aromatic amines is 1. The van der Waals surface area contributed by atoms with Crippen molar-refractivity contribution in [2.45, 2.75) is 12.5 Å². The van der Waals surface area contributed by atoms with Crippen molar-refractivity contribution >= 4 is 22.9 Å². The van der Waals surface area contributed by atoms with Gasteiger partial charge in [0.25, 0.3) is 0 Å². The van der Waals surface area contributed by atoms with E-state index in [1.807, 2.05) is 24.3 Å². The molecule has 1 amide bonds. The summed E-state index contributed by atoms with van der Waals surface area (Å²) in [5, 5.41) is 5.99. The Morgan fingerprint density at radius 2 is 2.25 bits per heavy atom. The second kappa shape index (κ2) is 3.52. The van der Waals surface area contributed by atoms with E-state index in [1.54, 1.807) is 0 Å². The third-order valence-corrected chi connectivity index (χ3v) is 2.71. The maximum Gasteiger partial charge on any atom is 0.222 e. The Labute approximate surface area is 92.3 Å². The molecule has 5 heteroatoms. The second-order valence-corrected chi connectivity index (χ2v) is 3.95. The SMILES string of the molecule is O=C1CC(Nc2nc3ccccc3[nH]2)CN1. The molecule has 1 unspecified atom stereocenters. The lowest BCUT2D eigenvalue weighted by atomic mass is 10.3. The van der Waals surface area contributed by atoms with Crippen LogP contribution in [0, 0.1) is 0 Å². The minimum atomic E-state index is 0.0913. The molecular formula is C11H12N4O. The topological polar surface area (TPSA) is 69.8 Å². The Morgan fingerprint density at radius 3 is 3.00 bits per heavy atom. The number of hydrogen-bond donors (Lipinski definition) is 3. The molecule has 2 heterocycles. The van der Waals surface area contributed by atoms with Gasteiger partial charge in [0.05, 0.1) is 17.1 Å². The van der Waals surface area contributed by atoms with Crippen molar-refractivity contribution < 1.29 is 4.79 Å². The van der Waals surface area contributed by atoms with Gasteiger partial charge in [-0.15, -0.1) is 0 Å². The molecule has 3 rings (SSSR count). The monoisotopic (exact) mass is 216 g/mol. The highest BCUT2D eigenvalue weighted by Crippen LogP contribution is 2.15. The fraction of sp³-hybridized carbons (Fsp3) is 0.273. The molecule has 1 aromatic heterocycles. The lowest BCUT2D eigenvalue weighted by molar-refractivity contribution is -0.119. The van der Waals surface area contributed by atoms with E-state index in [1.165, 1.54) is 0 Å². The van der Waals surface area contributed by atoms with Crippen LogP contribution in [0.1, 0.15) is 6.42 Å². The molecule has 1 aromatic carbocycles. The smallest absolute Gasteiger partial charge is 0.222 e. The number of aromatic nitrogens is 2. The standard InChI is InChI=1S/C11H12N4O/c16-10-5-7(6-12-10)13-11-14-8-3-1-2-4-9(8)15-11/h1-4,7H,5-6H2,(H,12,16)(H2,13,14,15). The average molecular weight is 216 g/mol. The highest BCUT2D eigenvalue weighted by Gasteiger charge is 2.21. The van der Waals surface area contributed by atoms with E-state index in [0.717, 1.165) is 17.0 Å². The van der Waals surface area contributed by atoms with Gasteiger partial charge in [0.1, 0.15) is 0 Å². The molecule has 2 aromatic rings. The Morgan fingerprint density at radius 1 is 1.38 bits per heavy atom. The Balaban J connectivity index is 1.81. The van der Waals surface area contributed by atoms with E-state index in [4.69, 9.17) is 0 Å². The predicted molar refractivity (Wildman–Crippen MR) is 61.1 cm³/mol. The number of fused-ring (bicyclic) bond motifs is 1. The first-order valence-electron chi connectivity index (χ1n) is 5.29. The molecule has 1 aliphatic rings. The first kappa shape index (κ1) is 9.21. The zero-order chi connectivity index (χ0) is 11.0. The van der Waals surface area contributed by atoms with Crippen LogP contribution >= 0.6 is 0 Å². The van der Waals surface area contributed by atoms with E-state index in [-0.39, 0.29) is 11.9 Å². The summed E-state index contributed by atoms with van der Waals surface area (Å²) in [7, 11) is 0. The van der Waals surface area contributed by atoms with Gasteiger partial charge in [-0.1, -0.05) is 12.1 Å². The number of para-hydroxylation sites is 2. The van der Waals surface area contributed by atoms with Gasteiger partial charge >= 0.3 is 0 Å². The average Bonchev–Trinajstić information content (AvgIpc) is 2.84. The van der Waals surface area contributed by atoms with Crippen LogP contribution in [0.5, 0.6) is 0 Å². The van der Waals surface area contributed by atoms with Gasteiger partial charge in [0, 0.05) is 13.0 Å². The summed E-state index contributed by atoms with van der Waals surface area (Å²) in [6.07, 6.45) is 0.511. The normalized spacial score (nSPS) is 20.0. The van der Waals surface area contributed by atoms with Gasteiger partial charge in [0.2, 0.25) is 11.9 Å². The van der Waals surface area contributed by atoms with Crippen LogP contribution in [-0.2, 0) is 4.79 Å². The minimum Gasteiger partial charge on any atom is -0.354 e. The molecule has 0 bridgehead atoms. The van der Waals surface area contributed by atoms with E-state index in [2.05, 4.69) is 20.6 Å². The van der Waals surface area contributed by atoms with Gasteiger partial charge in [-0.3, -0.25) is 4.79 Å². The molecular weight excluding hydrogens is 204 g/mol. The fourth-order valence-corrected chi connectivity index (χ4v) is 1.92. The molecule has 16 heavy (non-hydrogen) atoms. The number of rotatable bonds is 2. The van der Waals surface area contributed by atoms with Crippen LogP contribution in [0.2, 0.25) is 0 Å². The van der Waals surface area contributed by atoms with Crippen molar-refractivity contribution in [3.63, 3.8) is 0 Å². The Kier molecular flexibility index (Phi) is 2.02. The quantitative estimate of drug-likeness (QED) is 0.697. The molecule has 0 saturated carbocycles. The summed E-state index contributed by atoms with van der Waals surface area (Å²) < 4.78 is 0. The Bertz CT molecular complexity index is 501. The van der Waals surface area contributed by atoms with Gasteiger partial charge in [-0.25, -0.2) is 4.98 Å². The van der Waals surface area contributed by atoms with Crippen molar-refractivity contribution in [2.24, 2.45) is 0 Å². The summed E-state index contributed by atoms with van der Waals surface area (Å²) in [6.45, 7) is 0.663. The molecule has 0 aliphatic carbocycles. The largest absolute Gasteiger partial charge is 0.354 e. The molecule has 0 spiro atoms. The number of carbonyl (C=O) groups excluding carboxylic acids is 1. The first-order valence-corrected chi connectivity index (χ1v) is 5.29. The van der Waals surface area contributed by atoms with E-state index >= 15 is 0 Å². The molecule has 5 nitrogen and oxygen atoms in total. The maximum atomic E-state index is 11.0. The van der Waals surface area contributed by atoms with Gasteiger partial charge in [-0.2, -0.15) is 0 Å². The molecule has 0 radical (unpaired) electrons. The molecule has 1 fully saturated rings. The van der Waals surface area contributed by atoms with Crippen LogP contribution in [0.25, 0.3) is 11.0 Å². The third kappa shape index (κ3) is 1.60. The summed E-state index contributed by atoms with van der Waals surface area (Å²) in [5.74, 6) is 0.816. The van der Waals surface area contributed by atoms with Crippen molar-refractivity contribution in [3.05, 3.63) is 24.3 Å². The lowest BCUT2D eigenvalue weighted by Crippen LogP contribution is -2.22. The predicted octanol–water partition coefficient (Wildman–Crippen LogP) is 0.863. The highest BCUT2D eigenvalue weighted by atomic mass is 16.1. The summed E-state index contributed by atoms with van der Waals surface area (Å²) in [4.78, 5) is 18.6. The van der Waals surface area contributed by atoms with Gasteiger partial charge < -0.3 is 15.6 Å². The van der Waals surface area contributed by atoms with Crippen LogP contribution < -0.4 is 10.6 Å². The molecule has 1 aliphatic heterocycles. The Hall–Kier alpha value is -2.04. The summed E-state index contributed by atoms with van der Waals surface area (Å²) >= 11 is 0. The highest BCUT2D eigenvalue weighted by molar-refractivity contribution is 5.80. The molecule has 1 saturated heterocycles. The fourth-order valence-electron chi connectivity index (χ4n) is 1.92. The summed E-state index contributed by atoms with van der Waals surface area (Å²) in [6, 6.07) is 7.98. The van der Waals surface area contributed by atoms with E-state index in [0.29, 0.717) is 13.0 Å². The number of H-pyrrole nitrogens is 1. The van der Waals surface area contributed by atoms with Gasteiger partial charge in [-0.05, 0) is 12.1 Å². The van der Waals surface area contributed by atoms with Crippen molar-refractivity contribution in [2.75, 3.05) is 11.9 Å². The number of amides is 1. The van der Waals surface area contributed by atoms with E-state index < -0.39 is 0 Å². The summed E-state index contributed by atoms with van der Waals surface area (Å²) in [5.41, 5.74) is 1.93. The maximum absolute atomic E-state index is 11.0. The third-order valence-electron chi connectivity index (χ3n) is 2.71. The number of nitrogens with zero attached hydrogens (tertiary/aromatic N) is 1. The van der Waals surface area contributed by atoms with Crippen molar-refractivity contribution in [1.82, 2.24) is 15.3 Å². The van der Waals surface area contributed by atoms with Crippen LogP contribution in [0.15, 0.2) is 24.3 Å². The molecule has 1 atom stereocenters. The second-order valence-electron chi connectivity index (χ2n) is 3.95. The van der Waals surface area contributed by atoms with Crippen LogP contribution in [0.4, 0.5) is 5.95 Å². The number of anilines is 1. The van der Waals surface area contributed by atoms with Crippen LogP contribution in [0.3, 0.4) is 0 Å². The first-order chi connectivity index (χ1) is 7.81.